The number of carbonyl (C=O) groups is 3. The third-order valence-corrected chi connectivity index (χ3v) is 4.17. The van der Waals surface area contributed by atoms with Crippen LogP contribution in [0, 0.1) is 0 Å². The second-order valence-corrected chi connectivity index (χ2v) is 6.79. The van der Waals surface area contributed by atoms with Crippen molar-refractivity contribution in [1.82, 2.24) is 5.43 Å². The summed E-state index contributed by atoms with van der Waals surface area (Å²) in [6.07, 6.45) is 1.39. The van der Waals surface area contributed by atoms with Gasteiger partial charge in [-0.15, -0.1) is 0 Å². The van der Waals surface area contributed by atoms with Crippen LogP contribution in [-0.4, -0.2) is 44.3 Å². The molecule has 10 heteroatoms. The van der Waals surface area contributed by atoms with Crippen molar-refractivity contribution in [3.8, 4) is 11.5 Å². The fourth-order valence-electron chi connectivity index (χ4n) is 2.44. The number of hydrogen-bond acceptors (Lipinski definition) is 7. The van der Waals surface area contributed by atoms with E-state index < -0.39 is 11.9 Å². The topological polar surface area (TPSA) is 115 Å². The molecule has 32 heavy (non-hydrogen) atoms. The van der Waals surface area contributed by atoms with Crippen LogP contribution in [0.15, 0.2) is 47.6 Å². The standard InChI is InChI=1S/C22H24ClN3O6/c1-3-31-19-11-15(7-8-18(19)32-14-22(29)30-2)13-24-26-21(28)10-9-20(27)25-17-6-4-5-16(23)12-17/h4-8,11-13H,3,9-10,14H2,1-2H3,(H,25,27)(H,26,28). The Hall–Kier alpha value is -3.59. The minimum absolute atomic E-state index is 0.00537. The summed E-state index contributed by atoms with van der Waals surface area (Å²) in [7, 11) is 1.27. The second kappa shape index (κ2) is 13.0. The largest absolute Gasteiger partial charge is 0.490 e. The highest BCUT2D eigenvalue weighted by atomic mass is 35.5. The van der Waals surface area contributed by atoms with Gasteiger partial charge in [-0.1, -0.05) is 17.7 Å². The number of methoxy groups -OCH3 is 1. The van der Waals surface area contributed by atoms with Gasteiger partial charge in [0, 0.05) is 23.6 Å². The first-order valence-corrected chi connectivity index (χ1v) is 10.1. The van der Waals surface area contributed by atoms with E-state index in [2.05, 4.69) is 20.6 Å². The Labute approximate surface area is 190 Å². The van der Waals surface area contributed by atoms with E-state index >= 15 is 0 Å². The van der Waals surface area contributed by atoms with Gasteiger partial charge >= 0.3 is 5.97 Å². The van der Waals surface area contributed by atoms with Gasteiger partial charge in [0.2, 0.25) is 11.8 Å². The molecule has 9 nitrogen and oxygen atoms in total. The van der Waals surface area contributed by atoms with Gasteiger partial charge in [0.25, 0.3) is 0 Å². The van der Waals surface area contributed by atoms with E-state index in [-0.39, 0.29) is 25.4 Å². The van der Waals surface area contributed by atoms with Gasteiger partial charge in [-0.25, -0.2) is 10.2 Å². The zero-order valence-corrected chi connectivity index (χ0v) is 18.5. The first-order chi connectivity index (χ1) is 15.4. The molecular weight excluding hydrogens is 438 g/mol. The summed E-state index contributed by atoms with van der Waals surface area (Å²) in [6.45, 7) is 1.96. The molecule has 0 aliphatic rings. The Balaban J connectivity index is 1.84. The minimum atomic E-state index is -0.512. The van der Waals surface area contributed by atoms with Crippen molar-refractivity contribution in [2.45, 2.75) is 19.8 Å². The lowest BCUT2D eigenvalue weighted by atomic mass is 10.2. The van der Waals surface area contributed by atoms with Crippen LogP contribution in [0.2, 0.25) is 5.02 Å². The maximum atomic E-state index is 11.9. The summed E-state index contributed by atoms with van der Waals surface area (Å²) < 4.78 is 15.4. The molecule has 0 aliphatic heterocycles. The third kappa shape index (κ3) is 8.65. The number of nitrogens with one attached hydrogen (secondary N) is 2. The molecule has 0 aromatic heterocycles. The molecule has 2 rings (SSSR count). The van der Waals surface area contributed by atoms with Crippen LogP contribution >= 0.6 is 11.6 Å². The maximum absolute atomic E-state index is 11.9. The number of hydrazone groups is 1. The Morgan fingerprint density at radius 3 is 2.53 bits per heavy atom. The highest BCUT2D eigenvalue weighted by Gasteiger charge is 2.10. The van der Waals surface area contributed by atoms with Gasteiger partial charge in [0.05, 0.1) is 19.9 Å². The number of nitrogens with zero attached hydrogens (tertiary/aromatic N) is 1. The van der Waals surface area contributed by atoms with E-state index in [4.69, 9.17) is 21.1 Å². The molecule has 0 heterocycles. The maximum Gasteiger partial charge on any atom is 0.343 e. The summed E-state index contributed by atoms with van der Waals surface area (Å²) in [5.74, 6) is -0.434. The minimum Gasteiger partial charge on any atom is -0.490 e. The molecule has 2 amide bonds. The molecular formula is C22H24ClN3O6. The number of anilines is 1. The Morgan fingerprint density at radius 2 is 1.81 bits per heavy atom. The molecule has 0 aliphatic carbocycles. The Bertz CT molecular complexity index is 980. The lowest BCUT2D eigenvalue weighted by Crippen LogP contribution is -2.20. The molecule has 0 saturated heterocycles. The molecule has 0 saturated carbocycles. The number of amides is 2. The predicted octanol–water partition coefficient (Wildman–Crippen LogP) is 3.16. The van der Waals surface area contributed by atoms with Crippen LogP contribution in [0.1, 0.15) is 25.3 Å². The monoisotopic (exact) mass is 461 g/mol. The highest BCUT2D eigenvalue weighted by molar-refractivity contribution is 6.30. The molecule has 0 radical (unpaired) electrons. The molecule has 0 unspecified atom stereocenters. The fourth-order valence-corrected chi connectivity index (χ4v) is 2.63. The van der Waals surface area contributed by atoms with Gasteiger partial charge in [-0.3, -0.25) is 9.59 Å². The first-order valence-electron chi connectivity index (χ1n) is 9.75. The van der Waals surface area contributed by atoms with E-state index in [1.165, 1.54) is 13.3 Å². The Morgan fingerprint density at radius 1 is 1.03 bits per heavy atom. The number of ether oxygens (including phenoxy) is 3. The lowest BCUT2D eigenvalue weighted by molar-refractivity contribution is -0.143. The summed E-state index contributed by atoms with van der Waals surface area (Å²) in [5, 5.41) is 7.06. The SMILES string of the molecule is CCOc1cc(C=NNC(=O)CCC(=O)Nc2cccc(Cl)c2)ccc1OCC(=O)OC. The van der Waals surface area contributed by atoms with E-state index in [0.717, 1.165) is 0 Å². The summed E-state index contributed by atoms with van der Waals surface area (Å²) in [5.41, 5.74) is 3.57. The number of halogens is 1. The number of hydrogen-bond donors (Lipinski definition) is 2. The van der Waals surface area contributed by atoms with Crippen molar-refractivity contribution in [3.63, 3.8) is 0 Å². The van der Waals surface area contributed by atoms with Crippen molar-refractivity contribution in [3.05, 3.63) is 53.1 Å². The highest BCUT2D eigenvalue weighted by Crippen LogP contribution is 2.28. The van der Waals surface area contributed by atoms with Crippen LogP contribution in [0.5, 0.6) is 11.5 Å². The van der Waals surface area contributed by atoms with Crippen molar-refractivity contribution >= 4 is 41.3 Å². The van der Waals surface area contributed by atoms with Crippen LogP contribution in [0.4, 0.5) is 5.69 Å². The van der Waals surface area contributed by atoms with E-state index in [1.54, 1.807) is 42.5 Å². The van der Waals surface area contributed by atoms with E-state index in [0.29, 0.717) is 34.4 Å². The number of benzene rings is 2. The van der Waals surface area contributed by atoms with Crippen LogP contribution in [-0.2, 0) is 19.1 Å². The van der Waals surface area contributed by atoms with Crippen molar-refractivity contribution in [2.75, 3.05) is 25.6 Å². The van der Waals surface area contributed by atoms with E-state index in [9.17, 15) is 14.4 Å². The molecule has 0 atom stereocenters. The molecule has 0 bridgehead atoms. The zero-order chi connectivity index (χ0) is 23.3. The summed E-state index contributed by atoms with van der Waals surface area (Å²) in [4.78, 5) is 35.1. The van der Waals surface area contributed by atoms with Crippen LogP contribution < -0.4 is 20.2 Å². The number of carbonyl (C=O) groups excluding carboxylic acids is 3. The summed E-state index contributed by atoms with van der Waals surface area (Å²) >= 11 is 5.87. The fraction of sp³-hybridized carbons (Fsp3) is 0.273. The van der Waals surface area contributed by atoms with Gasteiger partial charge in [-0.2, -0.15) is 5.10 Å². The van der Waals surface area contributed by atoms with Crippen LogP contribution in [0.25, 0.3) is 0 Å². The molecule has 2 N–H and O–H groups in total. The number of rotatable bonds is 11. The van der Waals surface area contributed by atoms with Gasteiger partial charge < -0.3 is 19.5 Å². The quantitative estimate of drug-likeness (QED) is 0.302. The van der Waals surface area contributed by atoms with Gasteiger partial charge in [-0.05, 0) is 48.9 Å². The van der Waals surface area contributed by atoms with Crippen molar-refractivity contribution in [2.24, 2.45) is 5.10 Å². The van der Waals surface area contributed by atoms with Crippen molar-refractivity contribution in [1.29, 1.82) is 0 Å². The van der Waals surface area contributed by atoms with Crippen LogP contribution in [0.3, 0.4) is 0 Å². The zero-order valence-electron chi connectivity index (χ0n) is 17.7. The molecule has 2 aromatic carbocycles. The van der Waals surface area contributed by atoms with Gasteiger partial charge in [0.15, 0.2) is 18.1 Å². The normalized spacial score (nSPS) is 10.5. The van der Waals surface area contributed by atoms with E-state index in [1.807, 2.05) is 6.92 Å². The second-order valence-electron chi connectivity index (χ2n) is 6.36. The third-order valence-electron chi connectivity index (χ3n) is 3.93. The predicted molar refractivity (Wildman–Crippen MR) is 120 cm³/mol. The molecule has 170 valence electrons. The average Bonchev–Trinajstić information content (AvgIpc) is 2.77. The number of esters is 1. The molecule has 0 fully saturated rings. The molecule has 2 aromatic rings. The average molecular weight is 462 g/mol. The summed E-state index contributed by atoms with van der Waals surface area (Å²) in [6, 6.07) is 11.7. The van der Waals surface area contributed by atoms with Gasteiger partial charge in [0.1, 0.15) is 0 Å². The lowest BCUT2D eigenvalue weighted by Gasteiger charge is -2.11. The Kier molecular flexibility index (Phi) is 9.99. The smallest absolute Gasteiger partial charge is 0.343 e. The molecule has 0 spiro atoms. The first kappa shape index (κ1) is 24.7. The van der Waals surface area contributed by atoms with Crippen molar-refractivity contribution < 1.29 is 28.6 Å².